The molecule has 0 fully saturated rings. The maximum atomic E-state index is 11.7. The molecule has 0 aliphatic rings. The largest absolute Gasteiger partial charge is 0.331 e. The quantitative estimate of drug-likeness (QED) is 0.653. The molecule has 0 saturated carbocycles. The van der Waals surface area contributed by atoms with E-state index in [4.69, 9.17) is 0 Å². The lowest BCUT2D eigenvalue weighted by molar-refractivity contribution is 0.0932. The molecule has 0 saturated heterocycles. The number of hydrogen-bond acceptors (Lipinski definition) is 2. The Morgan fingerprint density at radius 2 is 2.15 bits per heavy atom. The summed E-state index contributed by atoms with van der Waals surface area (Å²) in [7, 11) is 1.84. The van der Waals surface area contributed by atoms with Crippen LogP contribution in [-0.4, -0.2) is 15.3 Å². The van der Waals surface area contributed by atoms with Crippen LogP contribution in [-0.2, 0) is 7.05 Å². The molecule has 0 aromatic carbocycles. The molecule has 0 aliphatic carbocycles. The number of imidazole rings is 1. The fourth-order valence-corrected chi connectivity index (χ4v) is 1.20. The van der Waals surface area contributed by atoms with Gasteiger partial charge >= 0.3 is 0 Å². The summed E-state index contributed by atoms with van der Waals surface area (Å²) in [5.74, 6) is 0.160. The van der Waals surface area contributed by atoms with Crippen molar-refractivity contribution in [1.29, 1.82) is 0 Å². The minimum atomic E-state index is 0.0430. The summed E-state index contributed by atoms with van der Waals surface area (Å²) < 4.78 is 1.76. The lowest BCUT2D eigenvalue weighted by Crippen LogP contribution is -2.15. The minimum Gasteiger partial charge on any atom is -0.331 e. The highest BCUT2D eigenvalue weighted by Crippen LogP contribution is 2.20. The molecule has 72 valence electrons. The lowest BCUT2D eigenvalue weighted by atomic mass is 9.89. The van der Waals surface area contributed by atoms with Gasteiger partial charge < -0.3 is 4.57 Å². The minimum absolute atomic E-state index is 0.0430. The Morgan fingerprint density at radius 3 is 2.54 bits per heavy atom. The second kappa shape index (κ2) is 3.32. The molecule has 1 heterocycles. The maximum Gasteiger partial charge on any atom is 0.181 e. The second-order valence-corrected chi connectivity index (χ2v) is 4.55. The van der Waals surface area contributed by atoms with Gasteiger partial charge in [0.1, 0.15) is 5.69 Å². The van der Waals surface area contributed by atoms with Crippen LogP contribution in [0.5, 0.6) is 0 Å². The van der Waals surface area contributed by atoms with Crippen LogP contribution in [0.4, 0.5) is 0 Å². The number of hydrogen-bond donors (Lipinski definition) is 0. The second-order valence-electron chi connectivity index (χ2n) is 4.55. The van der Waals surface area contributed by atoms with Crippen molar-refractivity contribution in [3.8, 4) is 0 Å². The van der Waals surface area contributed by atoms with Crippen molar-refractivity contribution in [3.63, 3.8) is 0 Å². The Balaban J connectivity index is 2.76. The number of rotatable bonds is 2. The molecule has 3 heteroatoms. The van der Waals surface area contributed by atoms with E-state index in [2.05, 4.69) is 25.8 Å². The Labute approximate surface area is 78.8 Å². The van der Waals surface area contributed by atoms with Crippen LogP contribution >= 0.6 is 0 Å². The molecular formula is C10H16N2O. The molecule has 0 unspecified atom stereocenters. The van der Waals surface area contributed by atoms with Gasteiger partial charge in [-0.2, -0.15) is 0 Å². The average molecular weight is 180 g/mol. The van der Waals surface area contributed by atoms with Crippen LogP contribution in [0.2, 0.25) is 0 Å². The van der Waals surface area contributed by atoms with Gasteiger partial charge in [-0.25, -0.2) is 4.98 Å². The van der Waals surface area contributed by atoms with E-state index in [-0.39, 0.29) is 11.2 Å². The SMILES string of the molecule is Cn1cncc1C(=O)CC(C)(C)C. The third-order valence-corrected chi connectivity index (χ3v) is 1.79. The van der Waals surface area contributed by atoms with Gasteiger partial charge in [-0.05, 0) is 5.41 Å². The standard InChI is InChI=1S/C10H16N2O/c1-10(2,3)5-9(13)8-6-11-7-12(8)4/h6-7H,5H2,1-4H3. The van der Waals surface area contributed by atoms with E-state index in [1.807, 2.05) is 7.05 Å². The third kappa shape index (κ3) is 2.68. The highest BCUT2D eigenvalue weighted by atomic mass is 16.1. The average Bonchev–Trinajstić information content (AvgIpc) is 2.30. The van der Waals surface area contributed by atoms with E-state index < -0.39 is 0 Å². The van der Waals surface area contributed by atoms with Crippen molar-refractivity contribution in [2.24, 2.45) is 12.5 Å². The first kappa shape index (κ1) is 9.96. The molecule has 0 N–H and O–H groups in total. The van der Waals surface area contributed by atoms with E-state index >= 15 is 0 Å². The van der Waals surface area contributed by atoms with Gasteiger partial charge in [-0.3, -0.25) is 4.79 Å². The first-order chi connectivity index (χ1) is 5.90. The number of aromatic nitrogens is 2. The smallest absolute Gasteiger partial charge is 0.181 e. The Morgan fingerprint density at radius 1 is 1.54 bits per heavy atom. The molecular weight excluding hydrogens is 164 g/mol. The zero-order valence-electron chi connectivity index (χ0n) is 8.66. The Bertz CT molecular complexity index is 307. The van der Waals surface area contributed by atoms with Crippen molar-refractivity contribution < 1.29 is 4.79 Å². The number of aryl methyl sites for hydroxylation is 1. The molecule has 1 aromatic heterocycles. The van der Waals surface area contributed by atoms with Crippen LogP contribution in [0.15, 0.2) is 12.5 Å². The van der Waals surface area contributed by atoms with Crippen molar-refractivity contribution in [2.75, 3.05) is 0 Å². The van der Waals surface area contributed by atoms with E-state index in [0.717, 1.165) is 0 Å². The predicted molar refractivity (Wildman–Crippen MR) is 51.6 cm³/mol. The highest BCUT2D eigenvalue weighted by molar-refractivity contribution is 5.94. The summed E-state index contributed by atoms with van der Waals surface area (Å²) >= 11 is 0. The lowest BCUT2D eigenvalue weighted by Gasteiger charge is -2.16. The van der Waals surface area contributed by atoms with Crippen LogP contribution in [0.3, 0.4) is 0 Å². The molecule has 3 nitrogen and oxygen atoms in total. The fraction of sp³-hybridized carbons (Fsp3) is 0.600. The Hall–Kier alpha value is -1.12. The normalized spacial score (nSPS) is 11.7. The molecule has 0 spiro atoms. The van der Waals surface area contributed by atoms with Crippen LogP contribution < -0.4 is 0 Å². The number of carbonyl (C=O) groups excluding carboxylic acids is 1. The van der Waals surface area contributed by atoms with Gasteiger partial charge in [-0.1, -0.05) is 20.8 Å². The van der Waals surface area contributed by atoms with Gasteiger partial charge in [-0.15, -0.1) is 0 Å². The van der Waals surface area contributed by atoms with Gasteiger partial charge in [0.15, 0.2) is 5.78 Å². The van der Waals surface area contributed by atoms with Gasteiger partial charge in [0.25, 0.3) is 0 Å². The summed E-state index contributed by atoms with van der Waals surface area (Å²) in [5, 5.41) is 0. The highest BCUT2D eigenvalue weighted by Gasteiger charge is 2.18. The molecule has 0 bridgehead atoms. The zero-order valence-corrected chi connectivity index (χ0v) is 8.66. The van der Waals surface area contributed by atoms with Crippen LogP contribution in [0.1, 0.15) is 37.7 Å². The van der Waals surface area contributed by atoms with Crippen molar-refractivity contribution >= 4 is 5.78 Å². The summed E-state index contributed by atoms with van der Waals surface area (Å²) in [6, 6.07) is 0. The maximum absolute atomic E-state index is 11.7. The van der Waals surface area contributed by atoms with E-state index in [9.17, 15) is 4.79 Å². The number of Topliss-reactive ketones (excluding diaryl/α,β-unsaturated/α-hetero) is 1. The van der Waals surface area contributed by atoms with E-state index in [0.29, 0.717) is 12.1 Å². The molecule has 0 radical (unpaired) electrons. The molecule has 0 amide bonds. The molecule has 0 aliphatic heterocycles. The third-order valence-electron chi connectivity index (χ3n) is 1.79. The summed E-state index contributed by atoms with van der Waals surface area (Å²) in [5.41, 5.74) is 0.733. The first-order valence-electron chi connectivity index (χ1n) is 4.40. The monoisotopic (exact) mass is 180 g/mol. The number of ketones is 1. The predicted octanol–water partition coefficient (Wildman–Crippen LogP) is 2.04. The topological polar surface area (TPSA) is 34.9 Å². The van der Waals surface area contributed by atoms with Crippen molar-refractivity contribution in [2.45, 2.75) is 27.2 Å². The van der Waals surface area contributed by atoms with Crippen LogP contribution in [0.25, 0.3) is 0 Å². The summed E-state index contributed by atoms with van der Waals surface area (Å²) in [4.78, 5) is 15.6. The van der Waals surface area contributed by atoms with Crippen molar-refractivity contribution in [1.82, 2.24) is 9.55 Å². The summed E-state index contributed by atoms with van der Waals surface area (Å²) in [6.45, 7) is 6.17. The van der Waals surface area contributed by atoms with Gasteiger partial charge in [0, 0.05) is 13.5 Å². The molecule has 13 heavy (non-hydrogen) atoms. The van der Waals surface area contributed by atoms with E-state index in [1.165, 1.54) is 0 Å². The van der Waals surface area contributed by atoms with Crippen molar-refractivity contribution in [3.05, 3.63) is 18.2 Å². The van der Waals surface area contributed by atoms with Gasteiger partial charge in [0.05, 0.1) is 12.5 Å². The number of carbonyl (C=O) groups is 1. The van der Waals surface area contributed by atoms with Crippen LogP contribution in [0, 0.1) is 5.41 Å². The molecule has 0 atom stereocenters. The first-order valence-corrected chi connectivity index (χ1v) is 4.40. The van der Waals surface area contributed by atoms with E-state index in [1.54, 1.807) is 17.1 Å². The molecule has 1 rings (SSSR count). The number of nitrogens with zero attached hydrogens (tertiary/aromatic N) is 2. The molecule has 1 aromatic rings. The van der Waals surface area contributed by atoms with Gasteiger partial charge in [0.2, 0.25) is 0 Å². The summed E-state index contributed by atoms with van der Waals surface area (Å²) in [6.07, 6.45) is 3.83. The zero-order chi connectivity index (χ0) is 10.1. The fourth-order valence-electron chi connectivity index (χ4n) is 1.20. The Kier molecular flexibility index (Phi) is 2.55.